The quantitative estimate of drug-likeness (QED) is 0.827. The number of rotatable bonds is 2. The van der Waals surface area contributed by atoms with Gasteiger partial charge in [0.2, 0.25) is 5.91 Å². The molecule has 0 spiro atoms. The Morgan fingerprint density at radius 1 is 1.27 bits per heavy atom. The van der Waals surface area contributed by atoms with Crippen molar-refractivity contribution in [3.8, 4) is 5.75 Å². The van der Waals surface area contributed by atoms with Crippen LogP contribution in [0.15, 0.2) is 18.2 Å². The Morgan fingerprint density at radius 3 is 2.65 bits per heavy atom. The summed E-state index contributed by atoms with van der Waals surface area (Å²) in [5, 5.41) is 3.03. The van der Waals surface area contributed by atoms with Crippen molar-refractivity contribution in [3.63, 3.8) is 0 Å². The fourth-order valence-electron chi connectivity index (χ4n) is 4.60. The van der Waals surface area contributed by atoms with Crippen LogP contribution in [0, 0.1) is 17.8 Å². The molecule has 1 heterocycles. The lowest BCUT2D eigenvalue weighted by atomic mass is 9.65. The van der Waals surface area contributed by atoms with E-state index in [-0.39, 0.29) is 42.8 Å². The van der Waals surface area contributed by atoms with Crippen molar-refractivity contribution in [2.45, 2.75) is 38.1 Å². The highest BCUT2D eigenvalue weighted by Gasteiger charge is 2.40. The Labute approximate surface area is 159 Å². The number of carbonyl (C=O) groups excluding carboxylic acids is 2. The molecule has 4 rings (SSSR count). The molecule has 1 aliphatic heterocycles. The number of fused-ring (bicyclic) bond motifs is 3. The summed E-state index contributed by atoms with van der Waals surface area (Å²) < 4.78 is 5.43. The number of likely N-dealkylation sites (N-methyl/N-ethyl adjacent to an activating group) is 1. The number of nitrogens with two attached hydrogens (primary N) is 1. The van der Waals surface area contributed by atoms with Crippen LogP contribution < -0.4 is 20.7 Å². The zero-order chi connectivity index (χ0) is 17.6. The van der Waals surface area contributed by atoms with Gasteiger partial charge in [0.15, 0.2) is 6.61 Å². The van der Waals surface area contributed by atoms with Crippen LogP contribution in [0.5, 0.6) is 5.75 Å². The van der Waals surface area contributed by atoms with Crippen molar-refractivity contribution in [1.82, 2.24) is 0 Å². The van der Waals surface area contributed by atoms with E-state index in [1.807, 2.05) is 6.07 Å². The number of benzene rings is 1. The van der Waals surface area contributed by atoms with Crippen LogP contribution >= 0.6 is 12.4 Å². The van der Waals surface area contributed by atoms with Gasteiger partial charge in [0.1, 0.15) is 5.75 Å². The van der Waals surface area contributed by atoms with Gasteiger partial charge in [-0.15, -0.1) is 12.4 Å². The summed E-state index contributed by atoms with van der Waals surface area (Å²) >= 11 is 0. The van der Waals surface area contributed by atoms with Gasteiger partial charge in [0.05, 0.1) is 5.69 Å². The third-order valence-corrected chi connectivity index (χ3v) is 6.10. The molecule has 0 radical (unpaired) electrons. The van der Waals surface area contributed by atoms with Crippen molar-refractivity contribution < 1.29 is 14.3 Å². The molecule has 2 fully saturated rings. The van der Waals surface area contributed by atoms with E-state index in [9.17, 15) is 9.59 Å². The average molecular weight is 380 g/mol. The second kappa shape index (κ2) is 7.45. The van der Waals surface area contributed by atoms with Crippen LogP contribution in [0.2, 0.25) is 0 Å². The van der Waals surface area contributed by atoms with Crippen molar-refractivity contribution in [1.29, 1.82) is 0 Å². The van der Waals surface area contributed by atoms with Gasteiger partial charge in [-0.1, -0.05) is 6.42 Å². The van der Waals surface area contributed by atoms with Crippen LogP contribution in [-0.2, 0) is 9.59 Å². The number of ether oxygens (including phenoxy) is 1. The van der Waals surface area contributed by atoms with Gasteiger partial charge in [0.25, 0.3) is 5.91 Å². The Balaban J connectivity index is 0.00000196. The third-order valence-electron chi connectivity index (χ3n) is 6.10. The highest BCUT2D eigenvalue weighted by atomic mass is 35.5. The molecule has 2 atom stereocenters. The van der Waals surface area contributed by atoms with Gasteiger partial charge in [-0.05, 0) is 55.7 Å². The van der Waals surface area contributed by atoms with Gasteiger partial charge in [-0.25, -0.2) is 0 Å². The molecule has 2 aliphatic carbocycles. The predicted molar refractivity (Wildman–Crippen MR) is 103 cm³/mol. The fraction of sp³-hybridized carbons (Fsp3) is 0.579. The third kappa shape index (κ3) is 3.40. The molecule has 2 unspecified atom stereocenters. The van der Waals surface area contributed by atoms with E-state index in [0.29, 0.717) is 29.0 Å². The summed E-state index contributed by atoms with van der Waals surface area (Å²) in [6.45, 7) is 0.0559. The van der Waals surface area contributed by atoms with Gasteiger partial charge in [-0.3, -0.25) is 9.59 Å². The molecule has 3 N–H and O–H groups in total. The lowest BCUT2D eigenvalue weighted by molar-refractivity contribution is -0.122. The first-order valence-corrected chi connectivity index (χ1v) is 9.13. The molecule has 142 valence electrons. The normalized spacial score (nSPS) is 29.9. The van der Waals surface area contributed by atoms with Crippen LogP contribution in [0.25, 0.3) is 0 Å². The first kappa shape index (κ1) is 19.0. The lowest BCUT2D eigenvalue weighted by Crippen LogP contribution is -2.48. The average Bonchev–Trinajstić information content (AvgIpc) is 2.58. The van der Waals surface area contributed by atoms with E-state index in [1.54, 1.807) is 24.1 Å². The molecule has 2 amide bonds. The lowest BCUT2D eigenvalue weighted by Gasteiger charge is -2.43. The number of nitrogens with one attached hydrogen (secondary N) is 1. The van der Waals surface area contributed by atoms with Crippen LogP contribution in [-0.4, -0.2) is 31.5 Å². The number of amides is 2. The van der Waals surface area contributed by atoms with Gasteiger partial charge >= 0.3 is 0 Å². The smallest absolute Gasteiger partial charge is 0.264 e. The number of hydrogen-bond acceptors (Lipinski definition) is 4. The standard InChI is InChI=1S/C19H25N3O3.ClH/c1-22-15-9-14(5-6-16(15)25-10-17(22)23)21-19(24)13-7-11-3-2-4-12(8-13)18(11)20;/h5-6,9,11-13,18H,2-4,7-8,10,20H2,1H3,(H,21,24);1H. The fourth-order valence-corrected chi connectivity index (χ4v) is 4.60. The zero-order valence-corrected chi connectivity index (χ0v) is 15.8. The van der Waals surface area contributed by atoms with Crippen molar-refractivity contribution >= 4 is 35.6 Å². The first-order valence-electron chi connectivity index (χ1n) is 9.13. The van der Waals surface area contributed by atoms with Crippen LogP contribution in [0.1, 0.15) is 32.1 Å². The van der Waals surface area contributed by atoms with Crippen molar-refractivity contribution in [3.05, 3.63) is 18.2 Å². The van der Waals surface area contributed by atoms with E-state index in [4.69, 9.17) is 10.5 Å². The summed E-state index contributed by atoms with van der Waals surface area (Å²) in [4.78, 5) is 26.1. The zero-order valence-electron chi connectivity index (χ0n) is 14.9. The molecular formula is C19H26ClN3O3. The van der Waals surface area contributed by atoms with E-state index in [1.165, 1.54) is 6.42 Å². The predicted octanol–water partition coefficient (Wildman–Crippen LogP) is 2.56. The van der Waals surface area contributed by atoms with E-state index < -0.39 is 0 Å². The molecular weight excluding hydrogens is 354 g/mol. The topological polar surface area (TPSA) is 84.7 Å². The molecule has 1 aromatic carbocycles. The number of halogens is 1. The molecule has 26 heavy (non-hydrogen) atoms. The number of hydrogen-bond donors (Lipinski definition) is 2. The van der Waals surface area contributed by atoms with Crippen LogP contribution in [0.4, 0.5) is 11.4 Å². The maximum absolute atomic E-state index is 12.8. The summed E-state index contributed by atoms with van der Waals surface area (Å²) in [6, 6.07) is 5.70. The molecule has 7 heteroatoms. The highest BCUT2D eigenvalue weighted by molar-refractivity contribution is 5.99. The minimum Gasteiger partial charge on any atom is -0.482 e. The minimum atomic E-state index is -0.0925. The summed E-state index contributed by atoms with van der Waals surface area (Å²) in [5.41, 5.74) is 7.71. The molecule has 1 aromatic rings. The molecule has 0 aromatic heterocycles. The molecule has 3 aliphatic rings. The number of carbonyl (C=O) groups is 2. The molecule has 0 saturated heterocycles. The maximum Gasteiger partial charge on any atom is 0.264 e. The SMILES string of the molecule is CN1C(=O)COc2ccc(NC(=O)C3CC4CCCC(C3)C4N)cc21.Cl. The Morgan fingerprint density at radius 2 is 1.96 bits per heavy atom. The van der Waals surface area contributed by atoms with Gasteiger partial charge in [0, 0.05) is 24.7 Å². The van der Waals surface area contributed by atoms with E-state index in [0.717, 1.165) is 25.7 Å². The molecule has 2 bridgehead atoms. The van der Waals surface area contributed by atoms with Gasteiger partial charge < -0.3 is 20.7 Å². The largest absolute Gasteiger partial charge is 0.482 e. The van der Waals surface area contributed by atoms with Gasteiger partial charge in [-0.2, -0.15) is 0 Å². The Kier molecular flexibility index (Phi) is 5.44. The van der Waals surface area contributed by atoms with E-state index >= 15 is 0 Å². The first-order chi connectivity index (χ1) is 12.0. The van der Waals surface area contributed by atoms with Crippen molar-refractivity contribution in [2.75, 3.05) is 23.9 Å². The number of anilines is 2. The number of nitrogens with zero attached hydrogens (tertiary/aromatic N) is 1. The molecule has 2 saturated carbocycles. The van der Waals surface area contributed by atoms with Crippen LogP contribution in [0.3, 0.4) is 0 Å². The summed E-state index contributed by atoms with van der Waals surface area (Å²) in [5.74, 6) is 1.62. The molecule has 6 nitrogen and oxygen atoms in total. The monoisotopic (exact) mass is 379 g/mol. The second-order valence-electron chi connectivity index (χ2n) is 7.61. The maximum atomic E-state index is 12.8. The van der Waals surface area contributed by atoms with E-state index in [2.05, 4.69) is 5.32 Å². The van der Waals surface area contributed by atoms with Crippen molar-refractivity contribution in [2.24, 2.45) is 23.5 Å². The summed E-state index contributed by atoms with van der Waals surface area (Å²) in [6.07, 6.45) is 5.30. The minimum absolute atomic E-state index is 0. The second-order valence-corrected chi connectivity index (χ2v) is 7.61. The summed E-state index contributed by atoms with van der Waals surface area (Å²) in [7, 11) is 1.72. The highest BCUT2D eigenvalue weighted by Crippen LogP contribution is 2.42. The Hall–Kier alpha value is -1.79. The Bertz CT molecular complexity index is 697.